The monoisotopic (exact) mass is 663 g/mol. The van der Waals surface area contributed by atoms with Crippen LogP contribution in [-0.4, -0.2) is 0 Å². The molecule has 10 rings (SSSR count). The van der Waals surface area contributed by atoms with Gasteiger partial charge in [-0.3, -0.25) is 0 Å². The maximum absolute atomic E-state index is 2.47. The average Bonchev–Trinajstić information content (AvgIpc) is 3.44. The highest BCUT2D eigenvalue weighted by molar-refractivity contribution is 6.08. The molecule has 0 amide bonds. The van der Waals surface area contributed by atoms with Crippen LogP contribution in [0, 0.1) is 0 Å². The van der Waals surface area contributed by atoms with Gasteiger partial charge >= 0.3 is 0 Å². The minimum absolute atomic E-state index is 0.161. The first-order chi connectivity index (χ1) is 25.5. The van der Waals surface area contributed by atoms with Crippen LogP contribution in [0.1, 0.15) is 25.0 Å². The zero-order chi connectivity index (χ0) is 34.8. The van der Waals surface area contributed by atoms with Crippen molar-refractivity contribution in [3.05, 3.63) is 199 Å². The predicted octanol–water partition coefficient (Wildman–Crippen LogP) is 14.3. The highest BCUT2D eigenvalue weighted by Crippen LogP contribution is 2.54. The third-order valence-corrected chi connectivity index (χ3v) is 11.2. The minimum atomic E-state index is -0.161. The van der Waals surface area contributed by atoms with Gasteiger partial charge in [0.2, 0.25) is 0 Å². The van der Waals surface area contributed by atoms with E-state index in [1.54, 1.807) is 0 Å². The van der Waals surface area contributed by atoms with Crippen molar-refractivity contribution in [3.63, 3.8) is 0 Å². The maximum atomic E-state index is 2.47. The molecule has 0 heterocycles. The number of hydrogen-bond acceptors (Lipinski definition) is 1. The van der Waals surface area contributed by atoms with Gasteiger partial charge in [-0.1, -0.05) is 159 Å². The van der Waals surface area contributed by atoms with E-state index in [0.29, 0.717) is 0 Å². The van der Waals surface area contributed by atoms with Crippen molar-refractivity contribution in [2.75, 3.05) is 4.90 Å². The van der Waals surface area contributed by atoms with Crippen LogP contribution in [0.15, 0.2) is 188 Å². The molecule has 0 saturated heterocycles. The van der Waals surface area contributed by atoms with Crippen LogP contribution in [-0.2, 0) is 5.41 Å². The van der Waals surface area contributed by atoms with E-state index >= 15 is 0 Å². The Morgan fingerprint density at radius 2 is 0.962 bits per heavy atom. The first-order valence-electron chi connectivity index (χ1n) is 18.2. The van der Waals surface area contributed by atoms with Gasteiger partial charge in [0, 0.05) is 16.8 Å². The molecule has 52 heavy (non-hydrogen) atoms. The predicted molar refractivity (Wildman–Crippen MR) is 222 cm³/mol. The number of rotatable bonds is 5. The third kappa shape index (κ3) is 4.85. The van der Waals surface area contributed by atoms with E-state index in [9.17, 15) is 0 Å². The summed E-state index contributed by atoms with van der Waals surface area (Å²) in [6.45, 7) is 4.74. The van der Waals surface area contributed by atoms with E-state index < -0.39 is 0 Å². The molecule has 0 aromatic heterocycles. The topological polar surface area (TPSA) is 3.24 Å². The van der Waals surface area contributed by atoms with Crippen molar-refractivity contribution in [2.24, 2.45) is 0 Å². The molecule has 1 aliphatic carbocycles. The molecular weight excluding hydrogens is 627 g/mol. The lowest BCUT2D eigenvalue weighted by Crippen LogP contribution is -2.20. The van der Waals surface area contributed by atoms with E-state index in [4.69, 9.17) is 0 Å². The van der Waals surface area contributed by atoms with Crippen molar-refractivity contribution < 1.29 is 0 Å². The summed E-state index contributed by atoms with van der Waals surface area (Å²) in [5.74, 6) is 0. The van der Waals surface area contributed by atoms with E-state index in [2.05, 4.69) is 207 Å². The summed E-state index contributed by atoms with van der Waals surface area (Å²) in [6.07, 6.45) is 0. The SMILES string of the molecule is CC1(C)c2ccccc2-c2cccc(N(c3ccc(-c4ccc5c(ccc6ccccc65)c4)cc3)c3cccc(-c4ccc5ccccc5c4)c3)c21. The van der Waals surface area contributed by atoms with Crippen molar-refractivity contribution >= 4 is 49.4 Å². The van der Waals surface area contributed by atoms with Crippen LogP contribution >= 0.6 is 0 Å². The Kier molecular flexibility index (Phi) is 6.91. The van der Waals surface area contributed by atoms with Gasteiger partial charge in [-0.15, -0.1) is 0 Å². The molecule has 0 bridgehead atoms. The first-order valence-corrected chi connectivity index (χ1v) is 18.2. The van der Waals surface area contributed by atoms with Crippen LogP contribution in [0.3, 0.4) is 0 Å². The van der Waals surface area contributed by atoms with Gasteiger partial charge in [-0.2, -0.15) is 0 Å². The number of fused-ring (bicyclic) bond motifs is 7. The summed E-state index contributed by atoms with van der Waals surface area (Å²) in [7, 11) is 0. The zero-order valence-electron chi connectivity index (χ0n) is 29.3. The van der Waals surface area contributed by atoms with E-state index in [-0.39, 0.29) is 5.41 Å². The van der Waals surface area contributed by atoms with Crippen molar-refractivity contribution in [2.45, 2.75) is 19.3 Å². The first kappa shape index (κ1) is 30.4. The summed E-state index contributed by atoms with van der Waals surface area (Å²) >= 11 is 0. The second-order valence-electron chi connectivity index (χ2n) is 14.6. The van der Waals surface area contributed by atoms with Gasteiger partial charge in [-0.25, -0.2) is 0 Å². The summed E-state index contributed by atoms with van der Waals surface area (Å²) in [5.41, 5.74) is 13.5. The van der Waals surface area contributed by atoms with Gasteiger partial charge < -0.3 is 4.90 Å². The molecule has 0 fully saturated rings. The van der Waals surface area contributed by atoms with Gasteiger partial charge in [0.25, 0.3) is 0 Å². The van der Waals surface area contributed by atoms with E-state index in [1.807, 2.05) is 0 Å². The smallest absolute Gasteiger partial charge is 0.0508 e. The molecular formula is C51H37N. The van der Waals surface area contributed by atoms with Gasteiger partial charge in [0.1, 0.15) is 0 Å². The molecule has 0 saturated carbocycles. The van der Waals surface area contributed by atoms with Gasteiger partial charge in [0.15, 0.2) is 0 Å². The van der Waals surface area contributed by atoms with Crippen LogP contribution in [0.5, 0.6) is 0 Å². The highest BCUT2D eigenvalue weighted by Gasteiger charge is 2.38. The summed E-state index contributed by atoms with van der Waals surface area (Å²) in [5, 5.41) is 7.62. The number of hydrogen-bond donors (Lipinski definition) is 0. The lowest BCUT2D eigenvalue weighted by atomic mass is 9.81. The molecule has 1 heteroatoms. The second-order valence-corrected chi connectivity index (χ2v) is 14.6. The third-order valence-electron chi connectivity index (χ3n) is 11.2. The molecule has 9 aromatic rings. The summed E-state index contributed by atoms with van der Waals surface area (Å²) in [4.78, 5) is 2.47. The van der Waals surface area contributed by atoms with Crippen LogP contribution in [0.25, 0.3) is 65.7 Å². The molecule has 0 unspecified atom stereocenters. The molecule has 0 atom stereocenters. The Bertz CT molecular complexity index is 2820. The van der Waals surface area contributed by atoms with Crippen molar-refractivity contribution in [1.82, 2.24) is 0 Å². The maximum Gasteiger partial charge on any atom is 0.0508 e. The highest BCUT2D eigenvalue weighted by atomic mass is 15.1. The number of anilines is 3. The minimum Gasteiger partial charge on any atom is -0.310 e. The van der Waals surface area contributed by atoms with Crippen molar-refractivity contribution in [1.29, 1.82) is 0 Å². The Morgan fingerprint density at radius 1 is 0.365 bits per heavy atom. The van der Waals surface area contributed by atoms with Gasteiger partial charge in [0.05, 0.1) is 5.69 Å². The normalized spacial score (nSPS) is 13.0. The summed E-state index contributed by atoms with van der Waals surface area (Å²) < 4.78 is 0. The fourth-order valence-corrected chi connectivity index (χ4v) is 8.62. The molecule has 0 N–H and O–H groups in total. The molecule has 0 spiro atoms. The van der Waals surface area contributed by atoms with Crippen LogP contribution in [0.2, 0.25) is 0 Å². The molecule has 0 aliphatic heterocycles. The fourth-order valence-electron chi connectivity index (χ4n) is 8.62. The van der Waals surface area contributed by atoms with Gasteiger partial charge in [-0.05, 0) is 119 Å². The Hall–Kier alpha value is -6.44. The number of nitrogens with zero attached hydrogens (tertiary/aromatic N) is 1. The number of benzene rings is 9. The largest absolute Gasteiger partial charge is 0.310 e. The molecule has 0 radical (unpaired) electrons. The van der Waals surface area contributed by atoms with Crippen molar-refractivity contribution in [3.8, 4) is 33.4 Å². The molecule has 1 aliphatic rings. The molecule has 246 valence electrons. The fraction of sp³-hybridized carbons (Fsp3) is 0.0588. The van der Waals surface area contributed by atoms with E-state index in [0.717, 1.165) is 11.4 Å². The lowest BCUT2D eigenvalue weighted by Gasteiger charge is -2.32. The quantitative estimate of drug-likeness (QED) is 0.166. The lowest BCUT2D eigenvalue weighted by molar-refractivity contribution is 0.661. The van der Waals surface area contributed by atoms with E-state index in [1.165, 1.54) is 82.5 Å². The average molecular weight is 664 g/mol. The van der Waals surface area contributed by atoms with Crippen LogP contribution in [0.4, 0.5) is 17.1 Å². The Morgan fingerprint density at radius 3 is 1.85 bits per heavy atom. The summed E-state index contributed by atoms with van der Waals surface area (Å²) in [6, 6.07) is 69.2. The molecule has 1 nitrogen and oxygen atoms in total. The Balaban J connectivity index is 1.12. The standard InChI is InChI=1S/C51H37N/c1-51(2)48-19-8-7-17-46(48)47-18-10-20-49(50(47)51)52(43-15-9-14-38(33-43)40-23-21-34-11-3-4-13-37(34)31-40)42-28-25-35(26-29-42)39-27-30-45-41(32-39)24-22-36-12-5-6-16-44(36)45/h3-33H,1-2H3. The molecule has 9 aromatic carbocycles. The zero-order valence-corrected chi connectivity index (χ0v) is 29.3. The Labute approximate surface area is 305 Å². The second kappa shape index (κ2) is 11.8. The van der Waals surface area contributed by atoms with Crippen LogP contribution < -0.4 is 4.90 Å².